The van der Waals surface area contributed by atoms with Gasteiger partial charge in [-0.25, -0.2) is 0 Å². The molecule has 0 aromatic carbocycles. The number of hydrogen-bond acceptors (Lipinski definition) is 2. The Bertz CT molecular complexity index is 142. The molecule has 0 aliphatic heterocycles. The average molecular weight is 168 g/mol. The Morgan fingerprint density at radius 1 is 1.08 bits per heavy atom. The molecule has 0 spiro atoms. The fourth-order valence-electron chi connectivity index (χ4n) is 1.01. The van der Waals surface area contributed by atoms with Gasteiger partial charge in [0.05, 0.1) is 0 Å². The van der Waals surface area contributed by atoms with Crippen molar-refractivity contribution >= 4 is 0 Å². The molecule has 0 amide bonds. The Hall–Kier alpha value is -0.520. The lowest BCUT2D eigenvalue weighted by molar-refractivity contribution is 0.641. The Balaban J connectivity index is 3.07. The van der Waals surface area contributed by atoms with Gasteiger partial charge < -0.3 is 11.5 Å². The molecule has 0 saturated heterocycles. The molecule has 0 aliphatic rings. The van der Waals surface area contributed by atoms with Gasteiger partial charge in [0.25, 0.3) is 0 Å². The predicted molar refractivity (Wildman–Crippen MR) is 53.3 cm³/mol. The molecule has 2 nitrogen and oxygen atoms in total. The van der Waals surface area contributed by atoms with E-state index in [-0.39, 0.29) is 0 Å². The van der Waals surface area contributed by atoms with Gasteiger partial charge >= 0.3 is 0 Å². The van der Waals surface area contributed by atoms with E-state index in [1.165, 1.54) is 32.1 Å². The van der Waals surface area contributed by atoms with Crippen molar-refractivity contribution < 1.29 is 0 Å². The minimum atomic E-state index is -0.458. The molecule has 70 valence electrons. The van der Waals surface area contributed by atoms with Crippen molar-refractivity contribution in [1.82, 2.24) is 0 Å². The van der Waals surface area contributed by atoms with Crippen LogP contribution in [0.3, 0.4) is 0 Å². The van der Waals surface area contributed by atoms with Gasteiger partial charge in [0.1, 0.15) is 6.17 Å². The highest BCUT2D eigenvalue weighted by Gasteiger charge is 1.86. The SMILES string of the molecule is CCCCCCCC#CC(N)N. The van der Waals surface area contributed by atoms with Crippen LogP contribution in [0.5, 0.6) is 0 Å². The second kappa shape index (κ2) is 8.58. The molecule has 0 rings (SSSR count). The lowest BCUT2D eigenvalue weighted by atomic mass is 10.1. The number of nitrogens with two attached hydrogens (primary N) is 2. The molecule has 2 heteroatoms. The zero-order valence-electron chi connectivity index (χ0n) is 7.97. The number of hydrogen-bond donors (Lipinski definition) is 2. The van der Waals surface area contributed by atoms with Crippen molar-refractivity contribution in [3.63, 3.8) is 0 Å². The summed E-state index contributed by atoms with van der Waals surface area (Å²) < 4.78 is 0. The van der Waals surface area contributed by atoms with Gasteiger partial charge in [-0.2, -0.15) is 0 Å². The molecule has 0 bridgehead atoms. The number of unbranched alkanes of at least 4 members (excludes halogenated alkanes) is 5. The van der Waals surface area contributed by atoms with Crippen molar-refractivity contribution in [3.05, 3.63) is 0 Å². The molecule has 0 aromatic heterocycles. The second-order valence-electron chi connectivity index (χ2n) is 3.01. The van der Waals surface area contributed by atoms with Gasteiger partial charge in [-0.15, -0.1) is 5.92 Å². The van der Waals surface area contributed by atoms with E-state index < -0.39 is 6.17 Å². The monoisotopic (exact) mass is 168 g/mol. The van der Waals surface area contributed by atoms with Crippen LogP contribution in [-0.2, 0) is 0 Å². The minimum Gasteiger partial charge on any atom is -0.306 e. The molecule has 0 aliphatic carbocycles. The fourth-order valence-corrected chi connectivity index (χ4v) is 1.01. The van der Waals surface area contributed by atoms with E-state index in [1.807, 2.05) is 0 Å². The van der Waals surface area contributed by atoms with E-state index in [1.54, 1.807) is 0 Å². The number of rotatable bonds is 5. The molecule has 0 unspecified atom stereocenters. The third-order valence-electron chi connectivity index (χ3n) is 1.67. The van der Waals surface area contributed by atoms with Gasteiger partial charge in [0.2, 0.25) is 0 Å². The van der Waals surface area contributed by atoms with Crippen LogP contribution in [0.15, 0.2) is 0 Å². The van der Waals surface area contributed by atoms with Crippen molar-refractivity contribution in [3.8, 4) is 11.8 Å². The van der Waals surface area contributed by atoms with Crippen LogP contribution in [0, 0.1) is 11.8 Å². The van der Waals surface area contributed by atoms with Crippen LogP contribution in [0.2, 0.25) is 0 Å². The summed E-state index contributed by atoms with van der Waals surface area (Å²) in [5, 5.41) is 0. The maximum absolute atomic E-state index is 5.26. The summed E-state index contributed by atoms with van der Waals surface area (Å²) in [7, 11) is 0. The molecule has 4 N–H and O–H groups in total. The third kappa shape index (κ3) is 9.48. The average Bonchev–Trinajstić information content (AvgIpc) is 2.02. The molecule has 12 heavy (non-hydrogen) atoms. The quantitative estimate of drug-likeness (QED) is 0.372. The van der Waals surface area contributed by atoms with Gasteiger partial charge in [0, 0.05) is 6.42 Å². The van der Waals surface area contributed by atoms with Crippen molar-refractivity contribution in [2.24, 2.45) is 11.5 Å². The second-order valence-corrected chi connectivity index (χ2v) is 3.01. The largest absolute Gasteiger partial charge is 0.306 e. The van der Waals surface area contributed by atoms with Crippen LogP contribution in [-0.4, -0.2) is 6.17 Å². The first-order chi connectivity index (χ1) is 5.77. The molecule has 0 atom stereocenters. The Morgan fingerprint density at radius 2 is 1.75 bits per heavy atom. The van der Waals surface area contributed by atoms with Crippen LogP contribution < -0.4 is 11.5 Å². The van der Waals surface area contributed by atoms with Crippen LogP contribution in [0.4, 0.5) is 0 Å². The molecule has 0 aromatic rings. The summed E-state index contributed by atoms with van der Waals surface area (Å²) in [6, 6.07) is 0. The summed E-state index contributed by atoms with van der Waals surface area (Å²) >= 11 is 0. The molecular weight excluding hydrogens is 148 g/mol. The van der Waals surface area contributed by atoms with Crippen LogP contribution in [0.1, 0.15) is 45.4 Å². The highest BCUT2D eigenvalue weighted by molar-refractivity contribution is 5.03. The first kappa shape index (κ1) is 11.5. The normalized spacial score (nSPS) is 9.67. The fraction of sp³-hybridized carbons (Fsp3) is 0.800. The van der Waals surface area contributed by atoms with E-state index in [9.17, 15) is 0 Å². The van der Waals surface area contributed by atoms with E-state index in [0.29, 0.717) is 0 Å². The lowest BCUT2D eigenvalue weighted by Gasteiger charge is -1.95. The summed E-state index contributed by atoms with van der Waals surface area (Å²) in [6.45, 7) is 2.22. The highest BCUT2D eigenvalue weighted by atomic mass is 14.8. The van der Waals surface area contributed by atoms with Gasteiger partial charge in [0.15, 0.2) is 0 Å². The van der Waals surface area contributed by atoms with Crippen molar-refractivity contribution in [2.75, 3.05) is 0 Å². The maximum Gasteiger partial charge on any atom is 0.116 e. The van der Waals surface area contributed by atoms with Crippen LogP contribution >= 0.6 is 0 Å². The van der Waals surface area contributed by atoms with Gasteiger partial charge in [-0.05, 0) is 6.42 Å². The van der Waals surface area contributed by atoms with Crippen molar-refractivity contribution in [1.29, 1.82) is 0 Å². The first-order valence-corrected chi connectivity index (χ1v) is 4.77. The topological polar surface area (TPSA) is 52.0 Å². The summed E-state index contributed by atoms with van der Waals surface area (Å²) in [4.78, 5) is 0. The minimum absolute atomic E-state index is 0.458. The van der Waals surface area contributed by atoms with Gasteiger partial charge in [-0.1, -0.05) is 38.5 Å². The molecular formula is C10H20N2. The molecule has 0 saturated carbocycles. The summed E-state index contributed by atoms with van der Waals surface area (Å²) in [5.74, 6) is 5.70. The molecule has 0 fully saturated rings. The summed E-state index contributed by atoms with van der Waals surface area (Å²) in [6.07, 6.45) is 6.90. The smallest absolute Gasteiger partial charge is 0.116 e. The molecule has 0 heterocycles. The van der Waals surface area contributed by atoms with E-state index in [0.717, 1.165) is 6.42 Å². The Labute approximate surface area is 75.7 Å². The third-order valence-corrected chi connectivity index (χ3v) is 1.67. The zero-order chi connectivity index (χ0) is 9.23. The lowest BCUT2D eigenvalue weighted by Crippen LogP contribution is -2.27. The van der Waals surface area contributed by atoms with E-state index in [2.05, 4.69) is 18.8 Å². The predicted octanol–water partition coefficient (Wildman–Crippen LogP) is 1.59. The highest BCUT2D eigenvalue weighted by Crippen LogP contribution is 2.03. The maximum atomic E-state index is 5.26. The zero-order valence-corrected chi connectivity index (χ0v) is 7.97. The standard InChI is InChI=1S/C10H20N2/c1-2-3-4-5-6-7-8-9-10(11)12/h10H,2-7,11-12H2,1H3. The van der Waals surface area contributed by atoms with Crippen LogP contribution in [0.25, 0.3) is 0 Å². The van der Waals surface area contributed by atoms with Crippen molar-refractivity contribution in [2.45, 2.75) is 51.6 Å². The summed E-state index contributed by atoms with van der Waals surface area (Å²) in [5.41, 5.74) is 10.5. The van der Waals surface area contributed by atoms with Gasteiger partial charge in [-0.3, -0.25) is 0 Å². The van der Waals surface area contributed by atoms with E-state index >= 15 is 0 Å². The Morgan fingerprint density at radius 3 is 2.33 bits per heavy atom. The Kier molecular flexibility index (Phi) is 8.20. The first-order valence-electron chi connectivity index (χ1n) is 4.77. The molecule has 0 radical (unpaired) electrons. The van der Waals surface area contributed by atoms with E-state index in [4.69, 9.17) is 11.5 Å².